The van der Waals surface area contributed by atoms with Crippen LogP contribution in [0.4, 0.5) is 4.39 Å². The number of nitrogens with one attached hydrogen (secondary N) is 1. The van der Waals surface area contributed by atoms with Crippen molar-refractivity contribution < 1.29 is 18.7 Å². The molecule has 1 N–H and O–H groups in total. The van der Waals surface area contributed by atoms with E-state index < -0.39 is 11.8 Å². The Kier molecular flexibility index (Phi) is 6.36. The number of benzene rings is 1. The Morgan fingerprint density at radius 3 is 2.68 bits per heavy atom. The summed E-state index contributed by atoms with van der Waals surface area (Å²) in [6.07, 6.45) is 5.99. The first kappa shape index (κ1) is 16.9. The van der Waals surface area contributed by atoms with Gasteiger partial charge >= 0.3 is 5.97 Å². The van der Waals surface area contributed by atoms with Crippen LogP contribution in [0.25, 0.3) is 0 Å². The smallest absolute Gasteiger partial charge is 0.339 e. The first-order valence-electron chi connectivity index (χ1n) is 7.45. The van der Waals surface area contributed by atoms with E-state index in [2.05, 4.69) is 21.2 Å². The van der Waals surface area contributed by atoms with Crippen LogP contribution in [0.1, 0.15) is 42.5 Å². The molecule has 1 aliphatic rings. The zero-order valence-electron chi connectivity index (χ0n) is 12.2. The molecule has 0 aliphatic heterocycles. The summed E-state index contributed by atoms with van der Waals surface area (Å²) in [6, 6.07) is 3.67. The maximum absolute atomic E-state index is 13.0. The highest BCUT2D eigenvalue weighted by atomic mass is 79.9. The van der Waals surface area contributed by atoms with Crippen LogP contribution in [0, 0.1) is 11.7 Å². The van der Waals surface area contributed by atoms with Crippen molar-refractivity contribution in [2.45, 2.75) is 32.1 Å². The number of carbonyl (C=O) groups excluding carboxylic acids is 2. The predicted octanol–water partition coefficient (Wildman–Crippen LogP) is 3.44. The van der Waals surface area contributed by atoms with E-state index in [1.54, 1.807) is 0 Å². The third-order valence-electron chi connectivity index (χ3n) is 3.80. The highest BCUT2D eigenvalue weighted by molar-refractivity contribution is 9.10. The number of halogens is 2. The van der Waals surface area contributed by atoms with E-state index in [0.717, 1.165) is 12.8 Å². The molecule has 0 radical (unpaired) electrons. The van der Waals surface area contributed by atoms with Gasteiger partial charge in [-0.25, -0.2) is 9.18 Å². The SMILES string of the molecule is O=C(COC(=O)c1ccc(F)cc1Br)NCC1CCCCC1. The van der Waals surface area contributed by atoms with Gasteiger partial charge in [0.15, 0.2) is 6.61 Å². The molecule has 0 saturated heterocycles. The molecule has 1 aromatic rings. The lowest BCUT2D eigenvalue weighted by Crippen LogP contribution is -2.33. The summed E-state index contributed by atoms with van der Waals surface area (Å²) in [5.41, 5.74) is 0.196. The summed E-state index contributed by atoms with van der Waals surface area (Å²) in [7, 11) is 0. The van der Waals surface area contributed by atoms with Crippen molar-refractivity contribution in [2.24, 2.45) is 5.92 Å². The van der Waals surface area contributed by atoms with Gasteiger partial charge < -0.3 is 10.1 Å². The van der Waals surface area contributed by atoms with Crippen LogP contribution in [0.15, 0.2) is 22.7 Å². The minimum atomic E-state index is -0.653. The lowest BCUT2D eigenvalue weighted by Gasteiger charge is -2.21. The molecule has 1 saturated carbocycles. The topological polar surface area (TPSA) is 55.4 Å². The summed E-state index contributed by atoms with van der Waals surface area (Å²) in [5, 5.41) is 2.80. The molecule has 1 aliphatic carbocycles. The molecule has 2 rings (SSSR count). The zero-order valence-corrected chi connectivity index (χ0v) is 13.8. The Morgan fingerprint density at radius 2 is 2.00 bits per heavy atom. The van der Waals surface area contributed by atoms with Gasteiger partial charge in [-0.1, -0.05) is 19.3 Å². The predicted molar refractivity (Wildman–Crippen MR) is 84.0 cm³/mol. The van der Waals surface area contributed by atoms with Crippen LogP contribution < -0.4 is 5.32 Å². The summed E-state index contributed by atoms with van der Waals surface area (Å²) >= 11 is 3.10. The third-order valence-corrected chi connectivity index (χ3v) is 4.45. The Balaban J connectivity index is 1.74. The average molecular weight is 372 g/mol. The van der Waals surface area contributed by atoms with Crippen molar-refractivity contribution in [1.82, 2.24) is 5.32 Å². The third kappa shape index (κ3) is 5.09. The molecule has 120 valence electrons. The van der Waals surface area contributed by atoms with Crippen LogP contribution in [0.5, 0.6) is 0 Å². The number of esters is 1. The monoisotopic (exact) mass is 371 g/mol. The van der Waals surface area contributed by atoms with Gasteiger partial charge in [0.25, 0.3) is 5.91 Å². The van der Waals surface area contributed by atoms with Gasteiger partial charge in [-0.05, 0) is 52.9 Å². The van der Waals surface area contributed by atoms with Crippen molar-refractivity contribution in [3.05, 3.63) is 34.1 Å². The average Bonchev–Trinajstić information content (AvgIpc) is 2.51. The maximum atomic E-state index is 13.0. The maximum Gasteiger partial charge on any atom is 0.339 e. The molecule has 0 aromatic heterocycles. The van der Waals surface area contributed by atoms with E-state index in [4.69, 9.17) is 4.74 Å². The molecule has 0 bridgehead atoms. The fraction of sp³-hybridized carbons (Fsp3) is 0.500. The first-order valence-corrected chi connectivity index (χ1v) is 8.24. The van der Waals surface area contributed by atoms with Gasteiger partial charge in [-0.15, -0.1) is 0 Å². The Labute approximate surface area is 137 Å². The minimum absolute atomic E-state index is 0.196. The summed E-state index contributed by atoms with van der Waals surface area (Å²) in [4.78, 5) is 23.5. The number of carbonyl (C=O) groups is 2. The van der Waals surface area contributed by atoms with E-state index in [0.29, 0.717) is 16.9 Å². The molecular weight excluding hydrogens is 353 g/mol. The van der Waals surface area contributed by atoms with Gasteiger partial charge in [0, 0.05) is 11.0 Å². The van der Waals surface area contributed by atoms with Gasteiger partial charge in [-0.2, -0.15) is 0 Å². The fourth-order valence-electron chi connectivity index (χ4n) is 2.56. The van der Waals surface area contributed by atoms with Gasteiger partial charge in [0.1, 0.15) is 5.82 Å². The number of hydrogen-bond acceptors (Lipinski definition) is 3. The second kappa shape index (κ2) is 8.27. The second-order valence-electron chi connectivity index (χ2n) is 5.51. The highest BCUT2D eigenvalue weighted by Gasteiger charge is 2.16. The van der Waals surface area contributed by atoms with Crippen molar-refractivity contribution in [2.75, 3.05) is 13.2 Å². The van der Waals surface area contributed by atoms with Crippen molar-refractivity contribution in [3.63, 3.8) is 0 Å². The molecule has 0 atom stereocenters. The van der Waals surface area contributed by atoms with E-state index in [1.807, 2.05) is 0 Å². The van der Waals surface area contributed by atoms with Crippen LogP contribution in [0.2, 0.25) is 0 Å². The molecule has 22 heavy (non-hydrogen) atoms. The second-order valence-corrected chi connectivity index (χ2v) is 6.36. The molecule has 0 heterocycles. The summed E-state index contributed by atoms with van der Waals surface area (Å²) < 4.78 is 18.2. The standard InChI is InChI=1S/C16H19BrFNO3/c17-14-8-12(18)6-7-13(14)16(21)22-10-15(20)19-9-11-4-2-1-3-5-11/h6-8,11H,1-5,9-10H2,(H,19,20). The molecule has 1 amide bonds. The van der Waals surface area contributed by atoms with E-state index in [-0.39, 0.29) is 18.1 Å². The highest BCUT2D eigenvalue weighted by Crippen LogP contribution is 2.22. The van der Waals surface area contributed by atoms with Crippen LogP contribution in [-0.2, 0) is 9.53 Å². The first-order chi connectivity index (χ1) is 10.6. The van der Waals surface area contributed by atoms with Crippen molar-refractivity contribution >= 4 is 27.8 Å². The van der Waals surface area contributed by atoms with Crippen LogP contribution in [0.3, 0.4) is 0 Å². The molecule has 0 spiro atoms. The van der Waals surface area contributed by atoms with E-state index in [9.17, 15) is 14.0 Å². The van der Waals surface area contributed by atoms with Crippen LogP contribution in [-0.4, -0.2) is 25.0 Å². The van der Waals surface area contributed by atoms with E-state index >= 15 is 0 Å². The number of amides is 1. The number of rotatable bonds is 5. The Morgan fingerprint density at radius 1 is 1.27 bits per heavy atom. The lowest BCUT2D eigenvalue weighted by atomic mass is 9.89. The molecule has 1 fully saturated rings. The van der Waals surface area contributed by atoms with E-state index in [1.165, 1.54) is 37.5 Å². The van der Waals surface area contributed by atoms with Gasteiger partial charge in [0.2, 0.25) is 0 Å². The van der Waals surface area contributed by atoms with Crippen LogP contribution >= 0.6 is 15.9 Å². The quantitative estimate of drug-likeness (QED) is 0.806. The van der Waals surface area contributed by atoms with Gasteiger partial charge in [-0.3, -0.25) is 4.79 Å². The van der Waals surface area contributed by atoms with Crippen molar-refractivity contribution in [1.29, 1.82) is 0 Å². The largest absolute Gasteiger partial charge is 0.452 e. The van der Waals surface area contributed by atoms with Crippen molar-refractivity contribution in [3.8, 4) is 0 Å². The molecule has 0 unspecified atom stereocenters. The Hall–Kier alpha value is -1.43. The molecular formula is C16H19BrFNO3. The Bertz CT molecular complexity index is 544. The molecule has 1 aromatic carbocycles. The minimum Gasteiger partial charge on any atom is -0.452 e. The lowest BCUT2D eigenvalue weighted by molar-refractivity contribution is -0.124. The zero-order chi connectivity index (χ0) is 15.9. The van der Waals surface area contributed by atoms with Gasteiger partial charge in [0.05, 0.1) is 5.56 Å². The molecule has 6 heteroatoms. The summed E-state index contributed by atoms with van der Waals surface area (Å²) in [6.45, 7) is 0.312. The normalized spacial score (nSPS) is 15.4. The number of ether oxygens (including phenoxy) is 1. The fourth-order valence-corrected chi connectivity index (χ4v) is 3.08. The molecule has 4 nitrogen and oxygen atoms in total. The number of hydrogen-bond donors (Lipinski definition) is 1. The summed E-state index contributed by atoms with van der Waals surface area (Å²) in [5.74, 6) is -0.884.